The van der Waals surface area contributed by atoms with Crippen LogP contribution in [-0.4, -0.2) is 10.1 Å². The summed E-state index contributed by atoms with van der Waals surface area (Å²) in [6.07, 6.45) is 0. The topological polar surface area (TPSA) is 69.2 Å². The van der Waals surface area contributed by atoms with Gasteiger partial charge in [-0.15, -0.1) is 0 Å². The molecular formula is C3Br2N2O3. The van der Waals surface area contributed by atoms with Crippen LogP contribution in [0.2, 0.25) is 0 Å². The van der Waals surface area contributed by atoms with Crippen LogP contribution in [0.15, 0.2) is 13.6 Å². The summed E-state index contributed by atoms with van der Waals surface area (Å²) in [5, 5.41) is 13.3. The fourth-order valence-electron chi connectivity index (χ4n) is 0.365. The summed E-state index contributed by atoms with van der Waals surface area (Å²) in [6, 6.07) is 0. The molecule has 54 valence electrons. The Morgan fingerprint density at radius 2 is 2.20 bits per heavy atom. The van der Waals surface area contributed by atoms with Crippen LogP contribution in [0, 0.1) is 10.1 Å². The Labute approximate surface area is 71.8 Å². The third-order valence-corrected chi connectivity index (χ3v) is 2.54. The number of hydrogen-bond donors (Lipinski definition) is 0. The lowest BCUT2D eigenvalue weighted by molar-refractivity contribution is -0.404. The number of hydrogen-bond acceptors (Lipinski definition) is 4. The highest BCUT2D eigenvalue weighted by molar-refractivity contribution is 9.13. The van der Waals surface area contributed by atoms with E-state index in [1.54, 1.807) is 0 Å². The van der Waals surface area contributed by atoms with E-state index >= 15 is 0 Å². The van der Waals surface area contributed by atoms with Crippen molar-refractivity contribution < 1.29 is 9.45 Å². The fraction of sp³-hybridized carbons (Fsp3) is 0. The number of nitrogens with zero attached hydrogens (tertiary/aromatic N) is 2. The van der Waals surface area contributed by atoms with Gasteiger partial charge in [0, 0.05) is 0 Å². The van der Waals surface area contributed by atoms with Crippen LogP contribution >= 0.6 is 31.9 Å². The Kier molecular flexibility index (Phi) is 2.05. The zero-order valence-corrected chi connectivity index (χ0v) is 7.55. The van der Waals surface area contributed by atoms with Crippen LogP contribution in [0.1, 0.15) is 0 Å². The number of halogens is 2. The lowest BCUT2D eigenvalue weighted by Gasteiger charge is -1.79. The van der Waals surface area contributed by atoms with Gasteiger partial charge in [-0.2, -0.15) is 0 Å². The van der Waals surface area contributed by atoms with Gasteiger partial charge in [-0.1, -0.05) is 5.16 Å². The van der Waals surface area contributed by atoms with E-state index in [2.05, 4.69) is 41.5 Å². The van der Waals surface area contributed by atoms with Gasteiger partial charge in [0.25, 0.3) is 0 Å². The summed E-state index contributed by atoms with van der Waals surface area (Å²) >= 11 is 5.83. The highest BCUT2D eigenvalue weighted by Crippen LogP contribution is 2.31. The zero-order chi connectivity index (χ0) is 7.72. The molecular weight excluding hydrogens is 272 g/mol. The molecule has 0 aliphatic heterocycles. The molecule has 1 aromatic heterocycles. The van der Waals surface area contributed by atoms with Gasteiger partial charge in [0.2, 0.25) is 0 Å². The van der Waals surface area contributed by atoms with Crippen molar-refractivity contribution in [2.75, 3.05) is 0 Å². The summed E-state index contributed by atoms with van der Waals surface area (Å²) in [4.78, 5) is 9.39. The lowest BCUT2D eigenvalue weighted by Crippen LogP contribution is -1.84. The molecule has 1 rings (SSSR count). The largest absolute Gasteiger partial charge is 0.471 e. The van der Waals surface area contributed by atoms with E-state index < -0.39 is 10.8 Å². The first-order chi connectivity index (χ1) is 4.63. The first-order valence-corrected chi connectivity index (χ1v) is 3.66. The average Bonchev–Trinajstić information content (AvgIpc) is 2.14. The van der Waals surface area contributed by atoms with Crippen LogP contribution in [0.3, 0.4) is 0 Å². The standard InChI is InChI=1S/C3Br2N2O3/c4-1-2(5)6-10-3(1)7(8)9. The Balaban J connectivity index is 3.17. The SMILES string of the molecule is O=[N+]([O-])c1onc(Br)c1Br. The minimum Gasteiger partial charge on any atom is -0.287 e. The van der Waals surface area contributed by atoms with Gasteiger partial charge in [0.05, 0.1) is 0 Å². The third kappa shape index (κ3) is 1.19. The maximum absolute atomic E-state index is 10.1. The molecule has 0 bridgehead atoms. The molecule has 0 unspecified atom stereocenters. The van der Waals surface area contributed by atoms with Gasteiger partial charge >= 0.3 is 5.88 Å². The van der Waals surface area contributed by atoms with Crippen molar-refractivity contribution in [2.45, 2.75) is 0 Å². The molecule has 0 aliphatic carbocycles. The first kappa shape index (κ1) is 7.67. The van der Waals surface area contributed by atoms with Gasteiger partial charge in [-0.25, -0.2) is 0 Å². The van der Waals surface area contributed by atoms with Gasteiger partial charge in [-0.3, -0.25) is 14.6 Å². The average molecular weight is 272 g/mol. The van der Waals surface area contributed by atoms with Gasteiger partial charge in [0.15, 0.2) is 9.08 Å². The minimum absolute atomic E-state index is 0.220. The maximum Gasteiger partial charge on any atom is 0.471 e. The molecule has 0 amide bonds. The predicted molar refractivity (Wildman–Crippen MR) is 38.6 cm³/mol. The fourth-order valence-corrected chi connectivity index (χ4v) is 0.897. The highest BCUT2D eigenvalue weighted by atomic mass is 79.9. The van der Waals surface area contributed by atoms with Crippen LogP contribution in [0.5, 0.6) is 0 Å². The summed E-state index contributed by atoms with van der Waals surface area (Å²) < 4.78 is 4.82. The van der Waals surface area contributed by atoms with E-state index in [1.807, 2.05) is 0 Å². The van der Waals surface area contributed by atoms with Crippen molar-refractivity contribution in [1.29, 1.82) is 0 Å². The van der Waals surface area contributed by atoms with Crippen molar-refractivity contribution >= 4 is 37.7 Å². The molecule has 5 nitrogen and oxygen atoms in total. The monoisotopic (exact) mass is 270 g/mol. The Morgan fingerprint density at radius 3 is 2.40 bits per heavy atom. The normalized spacial score (nSPS) is 9.80. The Hall–Kier alpha value is -0.430. The molecule has 1 aromatic rings. The van der Waals surface area contributed by atoms with E-state index in [4.69, 9.17) is 0 Å². The molecule has 0 atom stereocenters. The summed E-state index contributed by atoms with van der Waals surface area (Å²) in [7, 11) is 0. The third-order valence-electron chi connectivity index (χ3n) is 0.747. The number of nitro groups is 1. The Morgan fingerprint density at radius 1 is 1.60 bits per heavy atom. The summed E-state index contributed by atoms with van der Waals surface area (Å²) in [5.41, 5.74) is 0. The van der Waals surface area contributed by atoms with Crippen molar-refractivity contribution in [2.24, 2.45) is 0 Å². The molecule has 0 fully saturated rings. The molecule has 0 aromatic carbocycles. The van der Waals surface area contributed by atoms with E-state index in [0.717, 1.165) is 0 Å². The minimum atomic E-state index is -0.665. The van der Waals surface area contributed by atoms with E-state index in [1.165, 1.54) is 0 Å². The van der Waals surface area contributed by atoms with Crippen LogP contribution in [0.4, 0.5) is 5.88 Å². The molecule has 0 aliphatic rings. The van der Waals surface area contributed by atoms with Crippen LogP contribution in [-0.2, 0) is 0 Å². The van der Waals surface area contributed by atoms with Crippen molar-refractivity contribution in [3.8, 4) is 0 Å². The van der Waals surface area contributed by atoms with E-state index in [0.29, 0.717) is 4.60 Å². The quantitative estimate of drug-likeness (QED) is 0.579. The second-order valence-corrected chi connectivity index (χ2v) is 2.89. The molecule has 1 heterocycles. The van der Waals surface area contributed by atoms with Crippen LogP contribution in [0.25, 0.3) is 0 Å². The molecule has 0 saturated carbocycles. The second-order valence-electron chi connectivity index (χ2n) is 1.35. The molecule has 0 N–H and O–H groups in total. The zero-order valence-electron chi connectivity index (χ0n) is 4.38. The van der Waals surface area contributed by atoms with Gasteiger partial charge < -0.3 is 0 Å². The molecule has 10 heavy (non-hydrogen) atoms. The Bertz CT molecular complexity index is 271. The molecule has 7 heteroatoms. The lowest BCUT2D eigenvalue weighted by atomic mass is 10.7. The van der Waals surface area contributed by atoms with Crippen molar-refractivity contribution in [1.82, 2.24) is 5.16 Å². The maximum atomic E-state index is 10.1. The van der Waals surface area contributed by atoms with Crippen molar-refractivity contribution in [3.63, 3.8) is 0 Å². The molecule has 0 saturated heterocycles. The van der Waals surface area contributed by atoms with E-state index in [-0.39, 0.29) is 4.47 Å². The number of aromatic nitrogens is 1. The van der Waals surface area contributed by atoms with Gasteiger partial charge in [-0.05, 0) is 31.9 Å². The predicted octanol–water partition coefficient (Wildman–Crippen LogP) is 2.11. The summed E-state index contributed by atoms with van der Waals surface area (Å²) in [6.45, 7) is 0. The highest BCUT2D eigenvalue weighted by Gasteiger charge is 2.21. The molecule has 0 spiro atoms. The number of rotatable bonds is 1. The smallest absolute Gasteiger partial charge is 0.287 e. The van der Waals surface area contributed by atoms with Crippen LogP contribution < -0.4 is 0 Å². The van der Waals surface area contributed by atoms with Crippen molar-refractivity contribution in [3.05, 3.63) is 19.2 Å². The van der Waals surface area contributed by atoms with E-state index in [9.17, 15) is 10.1 Å². The summed E-state index contributed by atoms with van der Waals surface area (Å²) in [5.74, 6) is -0.396. The first-order valence-electron chi connectivity index (χ1n) is 2.08. The van der Waals surface area contributed by atoms with Gasteiger partial charge in [0.1, 0.15) is 4.92 Å². The molecule has 0 radical (unpaired) electrons. The second kappa shape index (κ2) is 2.67.